The summed E-state index contributed by atoms with van der Waals surface area (Å²) in [5.41, 5.74) is 4.05. The van der Waals surface area contributed by atoms with E-state index in [0.717, 1.165) is 28.5 Å². The molecule has 0 radical (unpaired) electrons. The molecular formula is C22H21ClN4O3. The molecule has 1 aliphatic heterocycles. The molecule has 8 heteroatoms. The maximum absolute atomic E-state index is 11.8. The quantitative estimate of drug-likeness (QED) is 0.560. The number of esters is 1. The Morgan fingerprint density at radius 2 is 2.07 bits per heavy atom. The molecule has 0 saturated heterocycles. The largest absolute Gasteiger partial charge is 0.469 e. The zero-order valence-electron chi connectivity index (χ0n) is 16.7. The monoisotopic (exact) mass is 424 g/mol. The molecule has 3 heterocycles. The van der Waals surface area contributed by atoms with Crippen LogP contribution >= 0.6 is 11.6 Å². The van der Waals surface area contributed by atoms with Crippen LogP contribution in [0.15, 0.2) is 53.8 Å². The lowest BCUT2D eigenvalue weighted by atomic mass is 10.0. The lowest BCUT2D eigenvalue weighted by molar-refractivity contribution is -0.140. The van der Waals surface area contributed by atoms with Gasteiger partial charge in [0.15, 0.2) is 0 Å². The zero-order chi connectivity index (χ0) is 21.1. The first-order chi connectivity index (χ1) is 14.6. The summed E-state index contributed by atoms with van der Waals surface area (Å²) >= 11 is 6.36. The fraction of sp³-hybridized carbons (Fsp3) is 0.273. The summed E-state index contributed by atoms with van der Waals surface area (Å²) in [6.07, 6.45) is 4.19. The van der Waals surface area contributed by atoms with E-state index in [1.54, 1.807) is 19.5 Å². The highest BCUT2D eigenvalue weighted by atomic mass is 35.5. The number of rotatable bonds is 6. The van der Waals surface area contributed by atoms with Gasteiger partial charge in [0.05, 0.1) is 42.7 Å². The summed E-state index contributed by atoms with van der Waals surface area (Å²) in [5.74, 6) is 0.449. The standard InChI is InChI=1S/C22H21ClN4O3/c1-29-13-15-12-25-22-18(7-9-20(28)30-2)26-21(17-5-3-4-10-24-17)16-11-14(23)6-8-19(16)27(15)22/h3-6,8,10-12,18H,7,9,13H2,1-2H3/t18-/m0/s1. The van der Waals surface area contributed by atoms with E-state index >= 15 is 0 Å². The second-order valence-electron chi connectivity index (χ2n) is 6.86. The molecule has 154 valence electrons. The van der Waals surface area contributed by atoms with E-state index in [1.165, 1.54) is 7.11 Å². The molecular weight excluding hydrogens is 404 g/mol. The maximum atomic E-state index is 11.8. The van der Waals surface area contributed by atoms with Gasteiger partial charge in [-0.3, -0.25) is 19.3 Å². The smallest absolute Gasteiger partial charge is 0.305 e. The van der Waals surface area contributed by atoms with Crippen LogP contribution in [0.4, 0.5) is 0 Å². The fourth-order valence-corrected chi connectivity index (χ4v) is 3.77. The minimum atomic E-state index is -0.363. The number of halogens is 1. The number of benzene rings is 1. The number of fused-ring (bicyclic) bond motifs is 3. The number of ether oxygens (including phenoxy) is 2. The van der Waals surface area contributed by atoms with Crippen molar-refractivity contribution >= 4 is 23.3 Å². The number of hydrogen-bond acceptors (Lipinski definition) is 6. The van der Waals surface area contributed by atoms with Crippen LogP contribution in [0.25, 0.3) is 5.69 Å². The van der Waals surface area contributed by atoms with Gasteiger partial charge in [0.2, 0.25) is 0 Å². The summed E-state index contributed by atoms with van der Waals surface area (Å²) in [6, 6.07) is 11.0. The molecule has 3 aromatic rings. The van der Waals surface area contributed by atoms with Crippen LogP contribution in [-0.4, -0.2) is 40.4 Å². The first-order valence-corrected chi connectivity index (χ1v) is 9.92. The Labute approximate surface area is 179 Å². The van der Waals surface area contributed by atoms with Crippen LogP contribution < -0.4 is 0 Å². The molecule has 0 saturated carbocycles. The molecule has 1 atom stereocenters. The first kappa shape index (κ1) is 20.3. The number of nitrogens with zero attached hydrogens (tertiary/aromatic N) is 4. The number of methoxy groups -OCH3 is 2. The molecule has 30 heavy (non-hydrogen) atoms. The predicted octanol–water partition coefficient (Wildman–Crippen LogP) is 3.91. The van der Waals surface area contributed by atoms with Gasteiger partial charge in [0, 0.05) is 30.3 Å². The molecule has 1 aromatic carbocycles. The van der Waals surface area contributed by atoms with Crippen molar-refractivity contribution in [2.45, 2.75) is 25.5 Å². The minimum absolute atomic E-state index is 0.226. The Hall–Kier alpha value is -3.03. The van der Waals surface area contributed by atoms with E-state index in [1.807, 2.05) is 41.0 Å². The van der Waals surface area contributed by atoms with Crippen molar-refractivity contribution in [1.82, 2.24) is 14.5 Å². The summed E-state index contributed by atoms with van der Waals surface area (Å²) in [6.45, 7) is 0.387. The molecule has 0 aliphatic carbocycles. The second kappa shape index (κ2) is 8.77. The van der Waals surface area contributed by atoms with Crippen LogP contribution in [0, 0.1) is 0 Å². The van der Waals surface area contributed by atoms with Gasteiger partial charge in [-0.2, -0.15) is 0 Å². The van der Waals surface area contributed by atoms with Gasteiger partial charge >= 0.3 is 5.97 Å². The van der Waals surface area contributed by atoms with E-state index in [4.69, 9.17) is 26.1 Å². The van der Waals surface area contributed by atoms with Crippen LogP contribution in [0.5, 0.6) is 0 Å². The molecule has 0 bridgehead atoms. The number of aromatic nitrogens is 3. The van der Waals surface area contributed by atoms with E-state index in [2.05, 4.69) is 9.97 Å². The molecule has 2 aromatic heterocycles. The highest BCUT2D eigenvalue weighted by Gasteiger charge is 2.29. The number of imidazole rings is 1. The van der Waals surface area contributed by atoms with Gasteiger partial charge in [0.1, 0.15) is 11.9 Å². The molecule has 0 amide bonds. The molecule has 1 aliphatic rings. The Balaban J connectivity index is 1.93. The second-order valence-corrected chi connectivity index (χ2v) is 7.30. The number of carbonyl (C=O) groups is 1. The van der Waals surface area contributed by atoms with Crippen LogP contribution in [0.1, 0.15) is 41.7 Å². The molecule has 0 fully saturated rings. The highest BCUT2D eigenvalue weighted by molar-refractivity contribution is 6.31. The molecule has 7 nitrogen and oxygen atoms in total. The van der Waals surface area contributed by atoms with E-state index in [0.29, 0.717) is 23.8 Å². The van der Waals surface area contributed by atoms with Crippen molar-refractivity contribution in [3.63, 3.8) is 0 Å². The summed E-state index contributed by atoms with van der Waals surface area (Å²) in [7, 11) is 3.03. The number of hydrogen-bond donors (Lipinski definition) is 0. The Morgan fingerprint density at radius 3 is 2.80 bits per heavy atom. The van der Waals surface area contributed by atoms with Crippen LogP contribution in [-0.2, 0) is 20.9 Å². The third-order valence-electron chi connectivity index (χ3n) is 4.95. The molecule has 0 N–H and O–H groups in total. The van der Waals surface area contributed by atoms with Crippen molar-refractivity contribution in [3.05, 3.63) is 76.6 Å². The average molecular weight is 425 g/mol. The number of carbonyl (C=O) groups excluding carboxylic acids is 1. The SMILES string of the molecule is COCc1cnc2n1-c1ccc(Cl)cc1C(c1ccccn1)=N[C@H]2CCC(=O)OC. The van der Waals surface area contributed by atoms with Gasteiger partial charge in [-0.25, -0.2) is 4.98 Å². The highest BCUT2D eigenvalue weighted by Crippen LogP contribution is 2.34. The fourth-order valence-electron chi connectivity index (χ4n) is 3.60. The average Bonchev–Trinajstić information content (AvgIpc) is 3.12. The minimum Gasteiger partial charge on any atom is -0.469 e. The van der Waals surface area contributed by atoms with E-state index in [9.17, 15) is 4.79 Å². The lowest BCUT2D eigenvalue weighted by Crippen LogP contribution is -2.10. The van der Waals surface area contributed by atoms with E-state index < -0.39 is 0 Å². The van der Waals surface area contributed by atoms with Crippen molar-refractivity contribution < 1.29 is 14.3 Å². The lowest BCUT2D eigenvalue weighted by Gasteiger charge is -2.15. The maximum Gasteiger partial charge on any atom is 0.305 e. The first-order valence-electron chi connectivity index (χ1n) is 9.54. The van der Waals surface area contributed by atoms with Crippen molar-refractivity contribution in [3.8, 4) is 5.69 Å². The summed E-state index contributed by atoms with van der Waals surface area (Å²) in [4.78, 5) is 26.0. The van der Waals surface area contributed by atoms with Gasteiger partial charge < -0.3 is 9.47 Å². The third kappa shape index (κ3) is 3.86. The van der Waals surface area contributed by atoms with Gasteiger partial charge in [-0.1, -0.05) is 17.7 Å². The van der Waals surface area contributed by atoms with Crippen LogP contribution in [0.3, 0.4) is 0 Å². The number of aliphatic imine (C=N–C) groups is 1. The topological polar surface area (TPSA) is 78.6 Å². The summed E-state index contributed by atoms with van der Waals surface area (Å²) < 4.78 is 12.3. The van der Waals surface area contributed by atoms with Crippen LogP contribution in [0.2, 0.25) is 5.02 Å². The third-order valence-corrected chi connectivity index (χ3v) is 5.18. The van der Waals surface area contributed by atoms with Gasteiger partial charge in [-0.15, -0.1) is 0 Å². The zero-order valence-corrected chi connectivity index (χ0v) is 17.5. The Kier molecular flexibility index (Phi) is 5.92. The molecule has 0 spiro atoms. The Bertz CT molecular complexity index is 1100. The number of pyridine rings is 1. The van der Waals surface area contributed by atoms with Crippen molar-refractivity contribution in [2.24, 2.45) is 4.99 Å². The van der Waals surface area contributed by atoms with Crippen molar-refractivity contribution in [2.75, 3.05) is 14.2 Å². The molecule has 4 rings (SSSR count). The normalized spacial score (nSPS) is 15.0. The van der Waals surface area contributed by atoms with E-state index in [-0.39, 0.29) is 18.4 Å². The predicted molar refractivity (Wildman–Crippen MR) is 113 cm³/mol. The van der Waals surface area contributed by atoms with Gasteiger partial charge in [0.25, 0.3) is 0 Å². The van der Waals surface area contributed by atoms with Crippen molar-refractivity contribution in [1.29, 1.82) is 0 Å². The molecule has 0 unspecified atom stereocenters. The van der Waals surface area contributed by atoms with Gasteiger partial charge in [-0.05, 0) is 36.8 Å². The summed E-state index contributed by atoms with van der Waals surface area (Å²) in [5, 5.41) is 0.598. The Morgan fingerprint density at radius 1 is 1.20 bits per heavy atom.